The van der Waals surface area contributed by atoms with E-state index in [1.54, 1.807) is 0 Å². The summed E-state index contributed by atoms with van der Waals surface area (Å²) in [6, 6.07) is 0. The highest BCUT2D eigenvalue weighted by Gasteiger charge is 2.36. The summed E-state index contributed by atoms with van der Waals surface area (Å²) in [5, 5.41) is -0.643. The van der Waals surface area contributed by atoms with Crippen molar-refractivity contribution in [2.75, 3.05) is 17.3 Å². The third kappa shape index (κ3) is 7.95. The van der Waals surface area contributed by atoms with Crippen molar-refractivity contribution in [2.24, 2.45) is 0 Å². The van der Waals surface area contributed by atoms with E-state index >= 15 is 0 Å². The minimum atomic E-state index is -3.22. The molecule has 0 saturated carbocycles. The number of hydrogen-bond donors (Lipinski definition) is 0. The van der Waals surface area contributed by atoms with Crippen LogP contribution in [0.15, 0.2) is 0 Å². The van der Waals surface area contributed by atoms with Crippen molar-refractivity contribution < 1.29 is 16.8 Å². The first-order valence-corrected chi connectivity index (χ1v) is 12.3. The van der Waals surface area contributed by atoms with Crippen molar-refractivity contribution >= 4 is 19.7 Å². The van der Waals surface area contributed by atoms with Gasteiger partial charge in [-0.05, 0) is 12.8 Å². The van der Waals surface area contributed by atoms with Gasteiger partial charge in [-0.2, -0.15) is 0 Å². The van der Waals surface area contributed by atoms with Crippen LogP contribution in [-0.2, 0) is 19.7 Å². The molecule has 6 heteroatoms. The van der Waals surface area contributed by atoms with Gasteiger partial charge in [0.05, 0.1) is 22.5 Å². The Kier molecular flexibility index (Phi) is 8.98. The molecular formula is C16H32O4S2. The highest BCUT2D eigenvalue weighted by Crippen LogP contribution is 2.21. The Morgan fingerprint density at radius 2 is 1.36 bits per heavy atom. The molecule has 132 valence electrons. The molecule has 0 bridgehead atoms. The number of hydrogen-bond acceptors (Lipinski definition) is 4. The first kappa shape index (κ1) is 19.9. The molecule has 0 aromatic heterocycles. The van der Waals surface area contributed by atoms with Gasteiger partial charge in [0.15, 0.2) is 19.7 Å². The van der Waals surface area contributed by atoms with Gasteiger partial charge in [-0.1, -0.05) is 64.7 Å². The lowest BCUT2D eigenvalue weighted by Gasteiger charge is -2.09. The minimum absolute atomic E-state index is 0.0366. The van der Waals surface area contributed by atoms with E-state index in [4.69, 9.17) is 0 Å². The van der Waals surface area contributed by atoms with Gasteiger partial charge in [0, 0.05) is 0 Å². The summed E-state index contributed by atoms with van der Waals surface area (Å²) in [4.78, 5) is 0. The molecule has 0 spiro atoms. The molecule has 22 heavy (non-hydrogen) atoms. The number of unbranched alkanes of at least 4 members (excludes halogenated alkanes) is 9. The Hall–Kier alpha value is -0.100. The second kappa shape index (κ2) is 9.91. The van der Waals surface area contributed by atoms with E-state index < -0.39 is 24.9 Å². The Labute approximate surface area is 136 Å². The third-order valence-corrected chi connectivity index (χ3v) is 8.74. The van der Waals surface area contributed by atoms with Crippen LogP contribution >= 0.6 is 0 Å². The van der Waals surface area contributed by atoms with Gasteiger partial charge in [0.1, 0.15) is 0 Å². The van der Waals surface area contributed by atoms with Crippen molar-refractivity contribution in [3.05, 3.63) is 0 Å². The van der Waals surface area contributed by atoms with Gasteiger partial charge in [-0.15, -0.1) is 0 Å². The summed E-state index contributed by atoms with van der Waals surface area (Å²) >= 11 is 0. The van der Waals surface area contributed by atoms with Gasteiger partial charge in [0.25, 0.3) is 0 Å². The minimum Gasteiger partial charge on any atom is -0.229 e. The lowest BCUT2D eigenvalue weighted by molar-refractivity contribution is 0.555. The molecule has 1 heterocycles. The number of sulfone groups is 2. The fraction of sp³-hybridized carbons (Fsp3) is 1.00. The fourth-order valence-corrected chi connectivity index (χ4v) is 7.56. The highest BCUT2D eigenvalue weighted by molar-refractivity contribution is 7.96. The second-order valence-electron chi connectivity index (χ2n) is 6.57. The van der Waals surface area contributed by atoms with Gasteiger partial charge in [0.2, 0.25) is 0 Å². The van der Waals surface area contributed by atoms with Crippen LogP contribution in [0.25, 0.3) is 0 Å². The molecule has 1 fully saturated rings. The zero-order chi connectivity index (χ0) is 16.5. The summed E-state index contributed by atoms with van der Waals surface area (Å²) in [7, 11) is -6.33. The molecule has 0 N–H and O–H groups in total. The van der Waals surface area contributed by atoms with Gasteiger partial charge >= 0.3 is 0 Å². The molecule has 1 aliphatic heterocycles. The van der Waals surface area contributed by atoms with Crippen LogP contribution in [-0.4, -0.2) is 39.3 Å². The largest absolute Gasteiger partial charge is 0.229 e. The second-order valence-corrected chi connectivity index (χ2v) is 11.2. The third-order valence-electron chi connectivity index (χ3n) is 4.48. The van der Waals surface area contributed by atoms with Crippen LogP contribution in [0.1, 0.15) is 77.6 Å². The monoisotopic (exact) mass is 352 g/mol. The topological polar surface area (TPSA) is 68.3 Å². The van der Waals surface area contributed by atoms with Crippen molar-refractivity contribution in [1.82, 2.24) is 0 Å². The summed E-state index contributed by atoms with van der Waals surface area (Å²) in [6.07, 6.45) is 12.0. The van der Waals surface area contributed by atoms with Gasteiger partial charge < -0.3 is 0 Å². The highest BCUT2D eigenvalue weighted by atomic mass is 32.2. The normalized spacial score (nSPS) is 21.2. The lowest BCUT2D eigenvalue weighted by Crippen LogP contribution is -2.25. The van der Waals surface area contributed by atoms with Crippen LogP contribution in [0.5, 0.6) is 0 Å². The van der Waals surface area contributed by atoms with Crippen LogP contribution in [0.3, 0.4) is 0 Å². The Morgan fingerprint density at radius 3 is 1.82 bits per heavy atom. The molecule has 0 amide bonds. The predicted octanol–water partition coefficient (Wildman–Crippen LogP) is 3.51. The lowest BCUT2D eigenvalue weighted by atomic mass is 10.1. The molecule has 1 aliphatic rings. The molecule has 1 rings (SSSR count). The van der Waals surface area contributed by atoms with Crippen molar-refractivity contribution in [1.29, 1.82) is 0 Å². The maximum atomic E-state index is 12.1. The molecular weight excluding hydrogens is 320 g/mol. The Morgan fingerprint density at radius 1 is 0.864 bits per heavy atom. The van der Waals surface area contributed by atoms with Crippen molar-refractivity contribution in [2.45, 2.75) is 82.8 Å². The van der Waals surface area contributed by atoms with Crippen LogP contribution < -0.4 is 0 Å². The van der Waals surface area contributed by atoms with Crippen molar-refractivity contribution in [3.8, 4) is 0 Å². The zero-order valence-electron chi connectivity index (χ0n) is 13.9. The summed E-state index contributed by atoms with van der Waals surface area (Å²) < 4.78 is 46.9. The standard InChI is InChI=1S/C16H32O4S2/c1-2-3-4-5-6-7-8-9-10-11-13-22(19,20)16-12-14-21(17,18)15-16/h16H,2-15H2,1H3/t16-/m1/s1. The first-order valence-electron chi connectivity index (χ1n) is 8.79. The predicted molar refractivity (Wildman–Crippen MR) is 92.7 cm³/mol. The maximum Gasteiger partial charge on any atom is 0.154 e. The molecule has 0 aromatic rings. The van der Waals surface area contributed by atoms with Crippen LogP contribution in [0.2, 0.25) is 0 Å². The summed E-state index contributed by atoms with van der Waals surface area (Å²) in [6.45, 7) is 2.22. The average molecular weight is 353 g/mol. The van der Waals surface area contributed by atoms with E-state index in [0.717, 1.165) is 12.8 Å². The molecule has 0 aromatic carbocycles. The van der Waals surface area contributed by atoms with E-state index in [2.05, 4.69) is 6.92 Å². The Balaban J connectivity index is 2.04. The van der Waals surface area contributed by atoms with Gasteiger partial charge in [-0.3, -0.25) is 0 Å². The van der Waals surface area contributed by atoms with E-state index in [1.165, 1.54) is 44.9 Å². The molecule has 0 radical (unpaired) electrons. The Bertz CT molecular complexity index is 494. The molecule has 0 aliphatic carbocycles. The SMILES string of the molecule is CCCCCCCCCCCCS(=O)(=O)[C@@H]1CCS(=O)(=O)C1. The number of rotatable bonds is 12. The van der Waals surface area contributed by atoms with E-state index in [1.807, 2.05) is 0 Å². The zero-order valence-corrected chi connectivity index (χ0v) is 15.6. The fourth-order valence-electron chi connectivity index (χ4n) is 3.00. The molecule has 1 saturated heterocycles. The van der Waals surface area contributed by atoms with Crippen molar-refractivity contribution in [3.63, 3.8) is 0 Å². The maximum absolute atomic E-state index is 12.1. The molecule has 1 atom stereocenters. The smallest absolute Gasteiger partial charge is 0.154 e. The first-order chi connectivity index (χ1) is 10.4. The van der Waals surface area contributed by atoms with Crippen LogP contribution in [0, 0.1) is 0 Å². The van der Waals surface area contributed by atoms with E-state index in [0.29, 0.717) is 12.8 Å². The quantitative estimate of drug-likeness (QED) is 0.504. The van der Waals surface area contributed by atoms with Crippen LogP contribution in [0.4, 0.5) is 0 Å². The average Bonchev–Trinajstić information content (AvgIpc) is 2.82. The molecule has 4 nitrogen and oxygen atoms in total. The summed E-state index contributed by atoms with van der Waals surface area (Å²) in [5.74, 6) is 0.0334. The van der Waals surface area contributed by atoms with E-state index in [-0.39, 0.29) is 17.3 Å². The van der Waals surface area contributed by atoms with Gasteiger partial charge in [-0.25, -0.2) is 16.8 Å². The summed E-state index contributed by atoms with van der Waals surface area (Å²) in [5.41, 5.74) is 0. The van der Waals surface area contributed by atoms with E-state index in [9.17, 15) is 16.8 Å². The molecule has 0 unspecified atom stereocenters.